The maximum absolute atomic E-state index is 12.4. The Kier molecular flexibility index (Phi) is 7.94. The molecule has 1 unspecified atom stereocenters. The number of hydrogen-bond acceptors (Lipinski definition) is 9. The zero-order valence-corrected chi connectivity index (χ0v) is 23.8. The normalized spacial score (nSPS) is 16.2. The molecule has 6 rings (SSSR count). The summed E-state index contributed by atoms with van der Waals surface area (Å²) in [5.41, 5.74) is 6.34. The number of nitrogens with zero attached hydrogens (tertiary/aromatic N) is 7. The molecule has 2 aliphatic heterocycles. The molecule has 3 aromatic carbocycles. The van der Waals surface area contributed by atoms with Crippen molar-refractivity contribution in [1.29, 1.82) is 0 Å². The van der Waals surface area contributed by atoms with Gasteiger partial charge in [-0.15, -0.1) is 5.10 Å². The summed E-state index contributed by atoms with van der Waals surface area (Å²) in [7, 11) is 1.43. The molecule has 0 radical (unpaired) electrons. The zero-order chi connectivity index (χ0) is 28.9. The number of methoxy groups -OCH3 is 1. The highest BCUT2D eigenvalue weighted by atomic mass is 16.5. The lowest BCUT2D eigenvalue weighted by Gasteiger charge is -2.37. The van der Waals surface area contributed by atoms with E-state index in [4.69, 9.17) is 9.73 Å². The van der Waals surface area contributed by atoms with Gasteiger partial charge in [-0.05, 0) is 52.1 Å². The number of carbonyl (C=O) groups is 1. The quantitative estimate of drug-likeness (QED) is 0.268. The number of aromatic amines is 1. The molecular formula is C32H34N8O2. The summed E-state index contributed by atoms with van der Waals surface area (Å²) >= 11 is 0. The van der Waals surface area contributed by atoms with E-state index in [1.807, 2.05) is 41.3 Å². The first-order valence-corrected chi connectivity index (χ1v) is 14.3. The molecule has 3 heterocycles. The predicted molar refractivity (Wildman–Crippen MR) is 162 cm³/mol. The molecule has 10 nitrogen and oxygen atoms in total. The summed E-state index contributed by atoms with van der Waals surface area (Å²) in [4.78, 5) is 24.1. The van der Waals surface area contributed by atoms with Crippen LogP contribution in [0, 0.1) is 0 Å². The first kappa shape index (κ1) is 27.2. The van der Waals surface area contributed by atoms with Gasteiger partial charge in [-0.25, -0.2) is 10.1 Å². The van der Waals surface area contributed by atoms with Crippen molar-refractivity contribution in [3.63, 3.8) is 0 Å². The first-order chi connectivity index (χ1) is 20.6. The number of tetrazole rings is 1. The van der Waals surface area contributed by atoms with Crippen LogP contribution in [0.3, 0.4) is 0 Å². The Morgan fingerprint density at radius 2 is 1.76 bits per heavy atom. The molecule has 0 bridgehead atoms. The van der Waals surface area contributed by atoms with Gasteiger partial charge in [0.15, 0.2) is 11.7 Å². The summed E-state index contributed by atoms with van der Waals surface area (Å²) in [6.45, 7) is 3.55. The van der Waals surface area contributed by atoms with E-state index in [0.29, 0.717) is 19.0 Å². The summed E-state index contributed by atoms with van der Waals surface area (Å²) < 4.78 is 5.04. The molecule has 42 heavy (non-hydrogen) atoms. The number of nitrogens with one attached hydrogen (secondary N) is 1. The number of unbranched alkanes of at least 4 members (excludes halogenated alkanes) is 1. The molecule has 214 valence electrons. The molecule has 0 saturated heterocycles. The number of rotatable bonds is 10. The van der Waals surface area contributed by atoms with Crippen molar-refractivity contribution >= 4 is 17.5 Å². The van der Waals surface area contributed by atoms with Crippen molar-refractivity contribution in [2.45, 2.75) is 38.9 Å². The van der Waals surface area contributed by atoms with Gasteiger partial charge in [-0.1, -0.05) is 80.1 Å². The Morgan fingerprint density at radius 1 is 1.00 bits per heavy atom. The van der Waals surface area contributed by atoms with Gasteiger partial charge in [0.05, 0.1) is 19.5 Å². The van der Waals surface area contributed by atoms with Gasteiger partial charge in [0, 0.05) is 24.0 Å². The van der Waals surface area contributed by atoms with Crippen LogP contribution in [0.4, 0.5) is 5.69 Å². The van der Waals surface area contributed by atoms with Gasteiger partial charge in [0.1, 0.15) is 12.7 Å². The second-order valence-electron chi connectivity index (χ2n) is 10.4. The van der Waals surface area contributed by atoms with Crippen LogP contribution in [0.25, 0.3) is 22.5 Å². The van der Waals surface area contributed by atoms with Crippen molar-refractivity contribution < 1.29 is 9.53 Å². The number of aliphatic imine (C=N–C) groups is 1. The van der Waals surface area contributed by atoms with Crippen molar-refractivity contribution in [1.82, 2.24) is 30.4 Å². The summed E-state index contributed by atoms with van der Waals surface area (Å²) in [5.74, 6) is 1.20. The van der Waals surface area contributed by atoms with E-state index in [1.54, 1.807) is 0 Å². The van der Waals surface area contributed by atoms with Gasteiger partial charge in [-0.2, -0.15) is 0 Å². The average Bonchev–Trinajstić information content (AvgIpc) is 3.70. The number of carbonyl (C=O) groups excluding carboxylic acids is 1. The second-order valence-corrected chi connectivity index (χ2v) is 10.4. The van der Waals surface area contributed by atoms with Crippen molar-refractivity contribution in [3.8, 4) is 22.5 Å². The number of esters is 1. The number of H-pyrrole nitrogens is 1. The highest BCUT2D eigenvalue weighted by Crippen LogP contribution is 2.34. The minimum Gasteiger partial charge on any atom is -0.468 e. The number of anilines is 1. The first-order valence-electron chi connectivity index (χ1n) is 14.3. The summed E-state index contributed by atoms with van der Waals surface area (Å²) in [6.07, 6.45) is 5.25. The standard InChI is InChI=1S/C32H34N8O2/c1-3-4-14-29-33-32-28(20-38(25-10-6-5-7-11-25)22-39(32)21-30(41)42-2)40(29)19-23-15-17-24(18-16-23)26-12-8-9-13-27(26)31-34-36-37-35-31/h5-13,15-18,20,29H,3-4,14,19,21-22H2,1-2H3,(H,34,35,36,37). The third kappa shape index (κ3) is 5.60. The van der Waals surface area contributed by atoms with Gasteiger partial charge in [0.2, 0.25) is 0 Å². The maximum atomic E-state index is 12.4. The highest BCUT2D eigenvalue weighted by molar-refractivity contribution is 6.02. The highest BCUT2D eigenvalue weighted by Gasteiger charge is 2.38. The molecule has 2 aliphatic rings. The van der Waals surface area contributed by atoms with Gasteiger partial charge in [-0.3, -0.25) is 4.79 Å². The van der Waals surface area contributed by atoms with Gasteiger partial charge < -0.3 is 19.4 Å². The minimum absolute atomic E-state index is 0.0126. The topological polar surface area (TPSA) is 103 Å². The molecule has 1 N–H and O–H groups in total. The van der Waals surface area contributed by atoms with Crippen LogP contribution in [-0.4, -0.2) is 68.7 Å². The summed E-state index contributed by atoms with van der Waals surface area (Å²) in [5, 5.41) is 14.5. The Hall–Kier alpha value is -4.99. The molecule has 0 spiro atoms. The fourth-order valence-electron chi connectivity index (χ4n) is 5.50. The molecule has 0 fully saturated rings. The van der Waals surface area contributed by atoms with Crippen LogP contribution in [0.1, 0.15) is 31.7 Å². The van der Waals surface area contributed by atoms with Crippen molar-refractivity contribution in [2.75, 3.05) is 25.2 Å². The lowest BCUT2D eigenvalue weighted by atomic mass is 9.98. The molecule has 4 aromatic rings. The van der Waals surface area contributed by atoms with Crippen LogP contribution >= 0.6 is 0 Å². The monoisotopic (exact) mass is 562 g/mol. The number of amidine groups is 1. The average molecular weight is 563 g/mol. The summed E-state index contributed by atoms with van der Waals surface area (Å²) in [6, 6.07) is 26.9. The zero-order valence-electron chi connectivity index (χ0n) is 23.8. The number of hydrogen-bond donors (Lipinski definition) is 1. The van der Waals surface area contributed by atoms with E-state index in [-0.39, 0.29) is 18.7 Å². The lowest BCUT2D eigenvalue weighted by Crippen LogP contribution is -2.48. The lowest BCUT2D eigenvalue weighted by molar-refractivity contribution is -0.141. The Bertz CT molecular complexity index is 1570. The maximum Gasteiger partial charge on any atom is 0.325 e. The Labute approximate surface area is 245 Å². The molecule has 0 amide bonds. The van der Waals surface area contributed by atoms with E-state index in [1.165, 1.54) is 12.7 Å². The van der Waals surface area contributed by atoms with Crippen LogP contribution in [0.5, 0.6) is 0 Å². The van der Waals surface area contributed by atoms with Crippen LogP contribution in [0.2, 0.25) is 0 Å². The van der Waals surface area contributed by atoms with Crippen molar-refractivity contribution in [2.24, 2.45) is 4.99 Å². The molecule has 1 atom stereocenters. The third-order valence-electron chi connectivity index (χ3n) is 7.67. The number of ether oxygens (including phenoxy) is 1. The largest absolute Gasteiger partial charge is 0.468 e. The van der Waals surface area contributed by atoms with E-state index in [9.17, 15) is 4.79 Å². The number of fused-ring (bicyclic) bond motifs is 1. The Balaban J connectivity index is 1.31. The number of benzene rings is 3. The van der Waals surface area contributed by atoms with Crippen LogP contribution in [-0.2, 0) is 16.1 Å². The van der Waals surface area contributed by atoms with E-state index in [2.05, 4.69) is 86.0 Å². The van der Waals surface area contributed by atoms with Gasteiger partial charge in [0.25, 0.3) is 0 Å². The second kappa shape index (κ2) is 12.3. The number of aromatic nitrogens is 4. The smallest absolute Gasteiger partial charge is 0.325 e. The van der Waals surface area contributed by atoms with Gasteiger partial charge >= 0.3 is 5.97 Å². The minimum atomic E-state index is -0.285. The van der Waals surface area contributed by atoms with E-state index in [0.717, 1.165) is 53.2 Å². The third-order valence-corrected chi connectivity index (χ3v) is 7.67. The molecule has 0 aliphatic carbocycles. The predicted octanol–water partition coefficient (Wildman–Crippen LogP) is 5.06. The van der Waals surface area contributed by atoms with Crippen LogP contribution < -0.4 is 4.90 Å². The fourth-order valence-corrected chi connectivity index (χ4v) is 5.50. The van der Waals surface area contributed by atoms with Crippen molar-refractivity contribution in [3.05, 3.63) is 96.3 Å². The number of para-hydroxylation sites is 1. The Morgan fingerprint density at radius 3 is 2.48 bits per heavy atom. The van der Waals surface area contributed by atoms with E-state index >= 15 is 0 Å². The molecular weight excluding hydrogens is 528 g/mol. The molecule has 10 heteroatoms. The van der Waals surface area contributed by atoms with E-state index < -0.39 is 0 Å². The molecule has 0 saturated carbocycles. The SMILES string of the molecule is CCCCC1N=C2C(=CN(c3ccccc3)CN2CC(=O)OC)N1Cc1ccc(-c2ccccc2-c2nnn[nH]2)cc1. The fraction of sp³-hybridized carbons (Fsp3) is 0.281. The van der Waals surface area contributed by atoms with Crippen LogP contribution in [0.15, 0.2) is 95.8 Å². The molecule has 1 aromatic heterocycles.